The molecule has 0 spiro atoms. The summed E-state index contributed by atoms with van der Waals surface area (Å²) >= 11 is 0. The fourth-order valence-corrected chi connectivity index (χ4v) is 2.10. The van der Waals surface area contributed by atoms with Crippen LogP contribution >= 0.6 is 0 Å². The monoisotopic (exact) mass is 228 g/mol. The molecule has 2 unspecified atom stereocenters. The second-order valence-corrected chi connectivity index (χ2v) is 5.89. The number of hydrogen-bond acceptors (Lipinski definition) is 3. The van der Waals surface area contributed by atoms with Gasteiger partial charge in [-0.05, 0) is 40.8 Å². The Kier molecular flexibility index (Phi) is 3.84. The Balaban J connectivity index is 2.55. The van der Waals surface area contributed by atoms with Gasteiger partial charge in [-0.3, -0.25) is 0 Å². The number of amides is 1. The van der Waals surface area contributed by atoms with Crippen LogP contribution in [0.1, 0.15) is 27.7 Å². The highest BCUT2D eigenvalue weighted by atomic mass is 16.6. The largest absolute Gasteiger partial charge is 0.444 e. The maximum atomic E-state index is 11.9. The number of ether oxygens (including phenoxy) is 1. The van der Waals surface area contributed by atoms with Crippen LogP contribution in [0.2, 0.25) is 0 Å². The fraction of sp³-hybridized carbons (Fsp3) is 0.917. The first-order valence-electron chi connectivity index (χ1n) is 5.85. The van der Waals surface area contributed by atoms with Crippen molar-refractivity contribution in [2.75, 3.05) is 27.2 Å². The molecular formula is C12H24N2O2. The Hall–Kier alpha value is -0.770. The summed E-state index contributed by atoms with van der Waals surface area (Å²) in [6.07, 6.45) is -0.191. The standard InChI is InChI=1S/C12H24N2O2/c1-9-7-14(8-10(9)13(5)6)11(15)16-12(2,3)4/h9-10H,7-8H2,1-6H3. The number of carbonyl (C=O) groups is 1. The normalized spacial score (nSPS) is 26.3. The minimum Gasteiger partial charge on any atom is -0.444 e. The number of hydrogen-bond donors (Lipinski definition) is 0. The first kappa shape index (κ1) is 13.3. The van der Waals surface area contributed by atoms with Crippen LogP contribution in [-0.2, 0) is 4.74 Å². The molecule has 0 aromatic carbocycles. The molecule has 1 heterocycles. The second kappa shape index (κ2) is 4.62. The van der Waals surface area contributed by atoms with Gasteiger partial charge >= 0.3 is 6.09 Å². The van der Waals surface area contributed by atoms with Crippen LogP contribution in [-0.4, -0.2) is 54.7 Å². The van der Waals surface area contributed by atoms with Crippen molar-refractivity contribution in [3.63, 3.8) is 0 Å². The molecule has 1 aliphatic rings. The number of carbonyl (C=O) groups excluding carboxylic acids is 1. The second-order valence-electron chi connectivity index (χ2n) is 5.89. The Morgan fingerprint density at radius 1 is 1.31 bits per heavy atom. The molecule has 2 atom stereocenters. The SMILES string of the molecule is CC1CN(C(=O)OC(C)(C)C)CC1N(C)C. The van der Waals surface area contributed by atoms with Crippen molar-refractivity contribution in [1.29, 1.82) is 0 Å². The van der Waals surface area contributed by atoms with Gasteiger partial charge < -0.3 is 14.5 Å². The summed E-state index contributed by atoms with van der Waals surface area (Å²) < 4.78 is 5.37. The summed E-state index contributed by atoms with van der Waals surface area (Å²) in [5.74, 6) is 0.502. The van der Waals surface area contributed by atoms with Crippen molar-refractivity contribution >= 4 is 6.09 Å². The van der Waals surface area contributed by atoms with Gasteiger partial charge in [0.25, 0.3) is 0 Å². The zero-order chi connectivity index (χ0) is 12.5. The predicted octanol–water partition coefficient (Wildman–Crippen LogP) is 1.80. The van der Waals surface area contributed by atoms with Crippen LogP contribution in [0.5, 0.6) is 0 Å². The van der Waals surface area contributed by atoms with E-state index >= 15 is 0 Å². The summed E-state index contributed by atoms with van der Waals surface area (Å²) in [4.78, 5) is 15.8. The van der Waals surface area contributed by atoms with Crippen molar-refractivity contribution in [3.05, 3.63) is 0 Å². The third-order valence-electron chi connectivity index (χ3n) is 2.89. The van der Waals surface area contributed by atoms with Gasteiger partial charge in [0.05, 0.1) is 0 Å². The third-order valence-corrected chi connectivity index (χ3v) is 2.89. The molecule has 0 radical (unpaired) electrons. The maximum Gasteiger partial charge on any atom is 0.410 e. The van der Waals surface area contributed by atoms with Gasteiger partial charge in [-0.15, -0.1) is 0 Å². The van der Waals surface area contributed by atoms with E-state index < -0.39 is 5.60 Å². The van der Waals surface area contributed by atoms with Gasteiger partial charge in [0.15, 0.2) is 0 Å². The van der Waals surface area contributed by atoms with Gasteiger partial charge in [0.2, 0.25) is 0 Å². The Morgan fingerprint density at radius 3 is 2.25 bits per heavy atom. The lowest BCUT2D eigenvalue weighted by molar-refractivity contribution is 0.0282. The molecule has 1 fully saturated rings. The number of nitrogens with zero attached hydrogens (tertiary/aromatic N) is 2. The van der Waals surface area contributed by atoms with Crippen molar-refractivity contribution in [1.82, 2.24) is 9.80 Å². The Bertz CT molecular complexity index is 258. The van der Waals surface area contributed by atoms with E-state index in [1.165, 1.54) is 0 Å². The summed E-state index contributed by atoms with van der Waals surface area (Å²) in [6, 6.07) is 0.438. The molecular weight excluding hydrogens is 204 g/mol. The van der Waals surface area contributed by atoms with Crippen molar-refractivity contribution in [3.8, 4) is 0 Å². The Labute approximate surface area is 98.5 Å². The number of rotatable bonds is 1. The van der Waals surface area contributed by atoms with Gasteiger partial charge in [0.1, 0.15) is 5.60 Å². The van der Waals surface area contributed by atoms with E-state index in [1.54, 1.807) is 4.90 Å². The van der Waals surface area contributed by atoms with E-state index in [0.717, 1.165) is 13.1 Å². The number of likely N-dealkylation sites (N-methyl/N-ethyl adjacent to an activating group) is 1. The van der Waals surface area contributed by atoms with Crippen LogP contribution in [0.4, 0.5) is 4.79 Å². The highest BCUT2D eigenvalue weighted by Crippen LogP contribution is 2.22. The molecule has 94 valence electrons. The van der Waals surface area contributed by atoms with Crippen LogP contribution in [0, 0.1) is 5.92 Å². The quantitative estimate of drug-likeness (QED) is 0.686. The average molecular weight is 228 g/mol. The Morgan fingerprint density at radius 2 is 1.88 bits per heavy atom. The van der Waals surface area contributed by atoms with Crippen molar-refractivity contribution in [2.24, 2.45) is 5.92 Å². The van der Waals surface area contributed by atoms with E-state index in [4.69, 9.17) is 4.74 Å². The van der Waals surface area contributed by atoms with E-state index in [1.807, 2.05) is 20.8 Å². The zero-order valence-electron chi connectivity index (χ0n) is 11.3. The average Bonchev–Trinajstić information content (AvgIpc) is 2.44. The highest BCUT2D eigenvalue weighted by Gasteiger charge is 2.35. The summed E-state index contributed by atoms with van der Waals surface area (Å²) in [5.41, 5.74) is -0.406. The maximum absolute atomic E-state index is 11.9. The van der Waals surface area contributed by atoms with Crippen LogP contribution in [0.25, 0.3) is 0 Å². The molecule has 1 saturated heterocycles. The van der Waals surface area contributed by atoms with Crippen LogP contribution < -0.4 is 0 Å². The summed E-state index contributed by atoms with van der Waals surface area (Å²) in [5, 5.41) is 0. The van der Waals surface area contributed by atoms with Gasteiger partial charge in [0, 0.05) is 19.1 Å². The van der Waals surface area contributed by atoms with Crippen molar-refractivity contribution in [2.45, 2.75) is 39.3 Å². The van der Waals surface area contributed by atoms with E-state index in [-0.39, 0.29) is 6.09 Å². The van der Waals surface area contributed by atoms with E-state index in [2.05, 4.69) is 25.9 Å². The summed E-state index contributed by atoms with van der Waals surface area (Å²) in [6.45, 7) is 9.42. The molecule has 0 N–H and O–H groups in total. The minimum atomic E-state index is -0.406. The highest BCUT2D eigenvalue weighted by molar-refractivity contribution is 5.68. The zero-order valence-corrected chi connectivity index (χ0v) is 11.3. The summed E-state index contributed by atoms with van der Waals surface area (Å²) in [7, 11) is 4.11. The molecule has 4 nitrogen and oxygen atoms in total. The molecule has 0 aromatic heterocycles. The molecule has 0 aliphatic carbocycles. The minimum absolute atomic E-state index is 0.191. The topological polar surface area (TPSA) is 32.8 Å². The van der Waals surface area contributed by atoms with Gasteiger partial charge in [-0.25, -0.2) is 4.79 Å². The third kappa shape index (κ3) is 3.37. The molecule has 4 heteroatoms. The van der Waals surface area contributed by atoms with E-state index in [0.29, 0.717) is 12.0 Å². The molecule has 0 bridgehead atoms. The lowest BCUT2D eigenvalue weighted by atomic mass is 10.1. The lowest BCUT2D eigenvalue weighted by Crippen LogP contribution is -2.38. The van der Waals surface area contributed by atoms with Gasteiger partial charge in [-0.1, -0.05) is 6.92 Å². The van der Waals surface area contributed by atoms with Gasteiger partial charge in [-0.2, -0.15) is 0 Å². The molecule has 1 aliphatic heterocycles. The smallest absolute Gasteiger partial charge is 0.410 e. The predicted molar refractivity (Wildman–Crippen MR) is 64.4 cm³/mol. The molecule has 1 rings (SSSR count). The van der Waals surface area contributed by atoms with Crippen molar-refractivity contribution < 1.29 is 9.53 Å². The molecule has 0 saturated carbocycles. The number of likely N-dealkylation sites (tertiary alicyclic amines) is 1. The van der Waals surface area contributed by atoms with Crippen LogP contribution in [0.3, 0.4) is 0 Å². The van der Waals surface area contributed by atoms with E-state index in [9.17, 15) is 4.79 Å². The fourth-order valence-electron chi connectivity index (χ4n) is 2.10. The first-order valence-corrected chi connectivity index (χ1v) is 5.85. The molecule has 1 amide bonds. The first-order chi connectivity index (χ1) is 7.20. The van der Waals surface area contributed by atoms with Crippen LogP contribution in [0.15, 0.2) is 0 Å². The molecule has 16 heavy (non-hydrogen) atoms. The lowest BCUT2D eigenvalue weighted by Gasteiger charge is -2.25. The molecule has 0 aromatic rings.